The molecule has 1 aliphatic rings. The molecule has 3 heterocycles. The first-order valence-corrected chi connectivity index (χ1v) is 9.28. The lowest BCUT2D eigenvalue weighted by Crippen LogP contribution is -2.33. The summed E-state index contributed by atoms with van der Waals surface area (Å²) < 4.78 is 11.3. The van der Waals surface area contributed by atoms with Crippen molar-refractivity contribution in [3.8, 4) is 22.9 Å². The number of nitrogens with one attached hydrogen (secondary N) is 2. The molecule has 0 bridgehead atoms. The van der Waals surface area contributed by atoms with Crippen LogP contribution in [0.1, 0.15) is 18.2 Å². The van der Waals surface area contributed by atoms with E-state index in [1.165, 1.54) is 6.07 Å². The molecule has 144 valence electrons. The van der Waals surface area contributed by atoms with Crippen molar-refractivity contribution in [2.75, 3.05) is 19.0 Å². The fourth-order valence-electron chi connectivity index (χ4n) is 3.30. The maximum Gasteiger partial charge on any atom is 0.251 e. The summed E-state index contributed by atoms with van der Waals surface area (Å²) in [5.41, 5.74) is 2.48. The Morgan fingerprint density at radius 1 is 1.32 bits per heavy atom. The number of nitrogens with zero attached hydrogens (tertiary/aromatic N) is 2. The molecule has 2 aromatic heterocycles. The smallest absolute Gasteiger partial charge is 0.251 e. The SMILES string of the molecule is CCc1cc(=O)[nH]c(-c2ccc(NC3COc4c(cccc4OC)C3)nc2)n1. The van der Waals surface area contributed by atoms with Crippen molar-refractivity contribution < 1.29 is 9.47 Å². The highest BCUT2D eigenvalue weighted by molar-refractivity contribution is 5.56. The minimum atomic E-state index is -0.155. The van der Waals surface area contributed by atoms with E-state index in [0.29, 0.717) is 18.9 Å². The van der Waals surface area contributed by atoms with Crippen molar-refractivity contribution >= 4 is 5.82 Å². The molecule has 7 nitrogen and oxygen atoms in total. The number of fused-ring (bicyclic) bond motifs is 1. The Kier molecular flexibility index (Phi) is 4.97. The maximum atomic E-state index is 11.8. The quantitative estimate of drug-likeness (QED) is 0.710. The van der Waals surface area contributed by atoms with Gasteiger partial charge in [-0.05, 0) is 31.0 Å². The highest BCUT2D eigenvalue weighted by atomic mass is 16.5. The van der Waals surface area contributed by atoms with E-state index < -0.39 is 0 Å². The monoisotopic (exact) mass is 378 g/mol. The van der Waals surface area contributed by atoms with Crippen LogP contribution in [0.2, 0.25) is 0 Å². The van der Waals surface area contributed by atoms with Gasteiger partial charge in [-0.25, -0.2) is 9.97 Å². The standard InChI is InChI=1S/C21H22N4O3/c1-3-15-10-19(26)25-21(24-15)14-7-8-18(22-11-14)23-16-9-13-5-4-6-17(27-2)20(13)28-12-16/h4-8,10-11,16H,3,9,12H2,1-2H3,(H,22,23)(H,24,25,26). The number of hydrogen-bond acceptors (Lipinski definition) is 6. The average Bonchev–Trinajstić information content (AvgIpc) is 2.73. The first-order chi connectivity index (χ1) is 13.7. The van der Waals surface area contributed by atoms with Crippen LogP contribution >= 0.6 is 0 Å². The van der Waals surface area contributed by atoms with Gasteiger partial charge in [-0.2, -0.15) is 0 Å². The van der Waals surface area contributed by atoms with Crippen LogP contribution in [0.15, 0.2) is 47.4 Å². The van der Waals surface area contributed by atoms with Gasteiger partial charge in [0.2, 0.25) is 0 Å². The van der Waals surface area contributed by atoms with Crippen molar-refractivity contribution in [3.05, 3.63) is 64.2 Å². The van der Waals surface area contributed by atoms with E-state index in [0.717, 1.165) is 40.6 Å². The molecule has 0 fully saturated rings. The molecule has 0 saturated heterocycles. The van der Waals surface area contributed by atoms with Gasteiger partial charge in [0.15, 0.2) is 11.5 Å². The summed E-state index contributed by atoms with van der Waals surface area (Å²) in [5, 5.41) is 3.40. The molecule has 28 heavy (non-hydrogen) atoms. The lowest BCUT2D eigenvalue weighted by Gasteiger charge is -2.27. The third-order valence-corrected chi connectivity index (χ3v) is 4.72. The van der Waals surface area contributed by atoms with E-state index in [1.807, 2.05) is 37.3 Å². The van der Waals surface area contributed by atoms with Gasteiger partial charge < -0.3 is 19.8 Å². The van der Waals surface area contributed by atoms with Gasteiger partial charge in [0, 0.05) is 29.1 Å². The zero-order valence-corrected chi connectivity index (χ0v) is 15.9. The summed E-state index contributed by atoms with van der Waals surface area (Å²) in [7, 11) is 1.65. The Morgan fingerprint density at radius 3 is 2.96 bits per heavy atom. The number of pyridine rings is 1. The lowest BCUT2D eigenvalue weighted by molar-refractivity contribution is 0.256. The molecule has 1 unspecified atom stereocenters. The number of para-hydroxylation sites is 1. The summed E-state index contributed by atoms with van der Waals surface area (Å²) in [4.78, 5) is 23.5. The van der Waals surface area contributed by atoms with Crippen molar-refractivity contribution in [2.45, 2.75) is 25.8 Å². The predicted molar refractivity (Wildman–Crippen MR) is 107 cm³/mol. The number of ether oxygens (including phenoxy) is 2. The highest BCUT2D eigenvalue weighted by Crippen LogP contribution is 2.35. The summed E-state index contributed by atoms with van der Waals surface area (Å²) in [6, 6.07) is 11.3. The van der Waals surface area contributed by atoms with Gasteiger partial charge in [0.1, 0.15) is 18.2 Å². The average molecular weight is 378 g/mol. The summed E-state index contributed by atoms with van der Waals surface area (Å²) in [5.74, 6) is 2.86. The second-order valence-electron chi connectivity index (χ2n) is 6.68. The van der Waals surface area contributed by atoms with E-state index >= 15 is 0 Å². The fourth-order valence-corrected chi connectivity index (χ4v) is 3.30. The molecule has 2 N–H and O–H groups in total. The van der Waals surface area contributed by atoms with Crippen LogP contribution in [0.5, 0.6) is 11.5 Å². The number of methoxy groups -OCH3 is 1. The zero-order chi connectivity index (χ0) is 19.5. The van der Waals surface area contributed by atoms with E-state index in [2.05, 4.69) is 20.3 Å². The van der Waals surface area contributed by atoms with E-state index in [-0.39, 0.29) is 11.6 Å². The van der Waals surface area contributed by atoms with Crippen molar-refractivity contribution in [3.63, 3.8) is 0 Å². The highest BCUT2D eigenvalue weighted by Gasteiger charge is 2.22. The number of anilines is 1. The molecule has 0 aliphatic carbocycles. The van der Waals surface area contributed by atoms with Crippen LogP contribution in [0.3, 0.4) is 0 Å². The van der Waals surface area contributed by atoms with Crippen molar-refractivity contribution in [2.24, 2.45) is 0 Å². The zero-order valence-electron chi connectivity index (χ0n) is 15.9. The van der Waals surface area contributed by atoms with Gasteiger partial charge >= 0.3 is 0 Å². The minimum absolute atomic E-state index is 0.110. The maximum absolute atomic E-state index is 11.8. The second-order valence-corrected chi connectivity index (χ2v) is 6.68. The van der Waals surface area contributed by atoms with Crippen LogP contribution < -0.4 is 20.3 Å². The molecule has 3 aromatic rings. The number of aryl methyl sites for hydroxylation is 1. The Morgan fingerprint density at radius 2 is 2.21 bits per heavy atom. The van der Waals surface area contributed by atoms with Crippen LogP contribution in [-0.2, 0) is 12.8 Å². The second kappa shape index (κ2) is 7.72. The third kappa shape index (κ3) is 3.69. The first-order valence-electron chi connectivity index (χ1n) is 9.28. The minimum Gasteiger partial charge on any atom is -0.493 e. The van der Waals surface area contributed by atoms with E-state index in [1.54, 1.807) is 13.3 Å². The molecule has 7 heteroatoms. The molecule has 0 saturated carbocycles. The van der Waals surface area contributed by atoms with E-state index in [9.17, 15) is 4.79 Å². The Bertz CT molecular complexity index is 1030. The Hall–Kier alpha value is -3.35. The molecular weight excluding hydrogens is 356 g/mol. The van der Waals surface area contributed by atoms with Gasteiger partial charge in [-0.15, -0.1) is 0 Å². The van der Waals surface area contributed by atoms with Crippen LogP contribution in [0.4, 0.5) is 5.82 Å². The predicted octanol–water partition coefficient (Wildman–Crippen LogP) is 2.82. The summed E-state index contributed by atoms with van der Waals surface area (Å²) in [6.45, 7) is 2.50. The third-order valence-electron chi connectivity index (χ3n) is 4.72. The number of rotatable bonds is 5. The normalized spacial score (nSPS) is 15.4. The molecular formula is C21H22N4O3. The van der Waals surface area contributed by atoms with Crippen LogP contribution in [-0.4, -0.2) is 34.7 Å². The molecule has 0 amide bonds. The Balaban J connectivity index is 1.48. The number of aromatic nitrogens is 3. The largest absolute Gasteiger partial charge is 0.493 e. The summed E-state index contributed by atoms with van der Waals surface area (Å²) >= 11 is 0. The number of H-pyrrole nitrogens is 1. The summed E-state index contributed by atoms with van der Waals surface area (Å²) in [6.07, 6.45) is 3.24. The Labute approximate surface area is 162 Å². The van der Waals surface area contributed by atoms with Crippen LogP contribution in [0.25, 0.3) is 11.4 Å². The molecule has 1 aromatic carbocycles. The molecule has 0 radical (unpaired) electrons. The van der Waals surface area contributed by atoms with Gasteiger partial charge in [0.05, 0.1) is 13.2 Å². The molecule has 0 spiro atoms. The topological polar surface area (TPSA) is 89.1 Å². The molecule has 1 aliphatic heterocycles. The van der Waals surface area contributed by atoms with Gasteiger partial charge in [-0.3, -0.25) is 4.79 Å². The molecule has 1 atom stereocenters. The number of hydrogen-bond donors (Lipinski definition) is 2. The van der Waals surface area contributed by atoms with Gasteiger partial charge in [0.25, 0.3) is 5.56 Å². The molecule has 4 rings (SSSR count). The van der Waals surface area contributed by atoms with E-state index in [4.69, 9.17) is 9.47 Å². The van der Waals surface area contributed by atoms with Crippen molar-refractivity contribution in [1.82, 2.24) is 15.0 Å². The number of benzene rings is 1. The van der Waals surface area contributed by atoms with Crippen molar-refractivity contribution in [1.29, 1.82) is 0 Å². The first kappa shape index (κ1) is 18.0. The number of aromatic amines is 1. The van der Waals surface area contributed by atoms with Crippen LogP contribution in [0, 0.1) is 0 Å². The fraction of sp³-hybridized carbons (Fsp3) is 0.286. The lowest BCUT2D eigenvalue weighted by atomic mass is 10.0. The van der Waals surface area contributed by atoms with Gasteiger partial charge in [-0.1, -0.05) is 19.1 Å².